The van der Waals surface area contributed by atoms with Crippen molar-refractivity contribution >= 4 is 45.5 Å². The lowest BCUT2D eigenvalue weighted by Crippen LogP contribution is -2.22. The molecule has 10 heteroatoms. The molecular weight excluding hydrogens is 326 g/mol. The first-order chi connectivity index (χ1) is 10.4. The molecule has 1 heterocycles. The molecular formula is C12H13N5O3S2. The van der Waals surface area contributed by atoms with Gasteiger partial charge in [0, 0.05) is 12.1 Å². The number of nitrogens with zero attached hydrogens (tertiary/aromatic N) is 3. The van der Waals surface area contributed by atoms with E-state index in [0.717, 1.165) is 5.56 Å². The molecule has 0 radical (unpaired) electrons. The summed E-state index contributed by atoms with van der Waals surface area (Å²) in [5, 5.41) is 20.9. The van der Waals surface area contributed by atoms with Crippen molar-refractivity contribution in [3.05, 3.63) is 33.9 Å². The monoisotopic (exact) mass is 339 g/mol. The molecule has 0 spiro atoms. The van der Waals surface area contributed by atoms with Crippen LogP contribution in [-0.2, 0) is 4.79 Å². The zero-order chi connectivity index (χ0) is 16.3. The molecule has 2 rings (SSSR count). The number of benzene rings is 1. The van der Waals surface area contributed by atoms with Crippen LogP contribution in [0.5, 0.6) is 0 Å². The maximum Gasteiger partial charge on any atom is 0.271 e. The molecule has 116 valence electrons. The Labute approximate surface area is 134 Å². The molecule has 0 aliphatic rings. The average Bonchev–Trinajstić information content (AvgIpc) is 2.86. The summed E-state index contributed by atoms with van der Waals surface area (Å²) in [4.78, 5) is 22.5. The fraction of sp³-hybridized carbons (Fsp3) is 0.250. The molecule has 22 heavy (non-hydrogen) atoms. The molecule has 0 fully saturated rings. The highest BCUT2D eigenvalue weighted by molar-refractivity contribution is 8.02. The first kappa shape index (κ1) is 16.2. The predicted octanol–water partition coefficient (Wildman–Crippen LogP) is 2.46. The van der Waals surface area contributed by atoms with E-state index in [0.29, 0.717) is 15.2 Å². The molecule has 1 aromatic heterocycles. The van der Waals surface area contributed by atoms with Gasteiger partial charge in [0.1, 0.15) is 0 Å². The highest BCUT2D eigenvalue weighted by Gasteiger charge is 2.18. The van der Waals surface area contributed by atoms with Crippen molar-refractivity contribution in [3.63, 3.8) is 0 Å². The highest BCUT2D eigenvalue weighted by Crippen LogP contribution is 2.29. The smallest absolute Gasteiger partial charge is 0.271 e. The van der Waals surface area contributed by atoms with E-state index in [1.54, 1.807) is 19.9 Å². The molecule has 3 N–H and O–H groups in total. The van der Waals surface area contributed by atoms with Crippen LogP contribution < -0.4 is 11.1 Å². The van der Waals surface area contributed by atoms with Crippen LogP contribution in [0, 0.1) is 17.0 Å². The Morgan fingerprint density at radius 1 is 1.50 bits per heavy atom. The van der Waals surface area contributed by atoms with Crippen molar-refractivity contribution in [2.75, 3.05) is 11.1 Å². The Bertz CT molecular complexity index is 719. The predicted molar refractivity (Wildman–Crippen MR) is 86.1 cm³/mol. The highest BCUT2D eigenvalue weighted by atomic mass is 32.2. The summed E-state index contributed by atoms with van der Waals surface area (Å²) in [6, 6.07) is 4.33. The molecule has 8 nitrogen and oxygen atoms in total. The summed E-state index contributed by atoms with van der Waals surface area (Å²) < 4.78 is 0.593. The summed E-state index contributed by atoms with van der Waals surface area (Å²) in [5.74, 6) is -0.276. The second-order valence-electron chi connectivity index (χ2n) is 4.41. The van der Waals surface area contributed by atoms with Gasteiger partial charge in [-0.2, -0.15) is 0 Å². The van der Waals surface area contributed by atoms with E-state index in [2.05, 4.69) is 15.5 Å². The van der Waals surface area contributed by atoms with Gasteiger partial charge >= 0.3 is 0 Å². The third-order valence-electron chi connectivity index (χ3n) is 2.76. The van der Waals surface area contributed by atoms with Crippen LogP contribution in [0.2, 0.25) is 0 Å². The Balaban J connectivity index is 2.07. The minimum Gasteiger partial charge on any atom is -0.374 e. The lowest BCUT2D eigenvalue weighted by molar-refractivity contribution is -0.384. The number of nitro groups is 1. The van der Waals surface area contributed by atoms with E-state index in [-0.39, 0.29) is 11.6 Å². The Kier molecular flexibility index (Phi) is 4.93. The van der Waals surface area contributed by atoms with E-state index < -0.39 is 10.2 Å². The number of aromatic nitrogens is 2. The van der Waals surface area contributed by atoms with Crippen LogP contribution in [0.4, 0.5) is 16.5 Å². The van der Waals surface area contributed by atoms with Gasteiger partial charge in [0.05, 0.1) is 15.9 Å². The summed E-state index contributed by atoms with van der Waals surface area (Å²) in [6.45, 7) is 3.48. The molecule has 0 saturated carbocycles. The van der Waals surface area contributed by atoms with Gasteiger partial charge in [-0.05, 0) is 19.4 Å². The normalized spacial score (nSPS) is 11.9. The Morgan fingerprint density at radius 3 is 2.82 bits per heavy atom. The second kappa shape index (κ2) is 6.71. The van der Waals surface area contributed by atoms with Gasteiger partial charge < -0.3 is 11.1 Å². The number of hydrogen-bond acceptors (Lipinski definition) is 8. The zero-order valence-corrected chi connectivity index (χ0v) is 13.4. The third kappa shape index (κ3) is 3.92. The number of rotatable bonds is 5. The van der Waals surface area contributed by atoms with Crippen LogP contribution in [0.3, 0.4) is 0 Å². The van der Waals surface area contributed by atoms with Crippen LogP contribution in [0.1, 0.15) is 12.5 Å². The minimum atomic E-state index is -0.503. The van der Waals surface area contributed by atoms with Gasteiger partial charge in [0.15, 0.2) is 4.34 Å². The summed E-state index contributed by atoms with van der Waals surface area (Å²) >= 11 is 2.43. The number of nitrogen functional groups attached to an aromatic ring is 1. The second-order valence-corrected chi connectivity index (χ2v) is 7.01. The number of carbonyl (C=O) groups is 1. The number of nitrogens with two attached hydrogens (primary N) is 1. The largest absolute Gasteiger partial charge is 0.374 e. The molecule has 1 amide bonds. The van der Waals surface area contributed by atoms with E-state index in [1.807, 2.05) is 0 Å². The summed E-state index contributed by atoms with van der Waals surface area (Å²) in [6.07, 6.45) is 0. The van der Waals surface area contributed by atoms with Gasteiger partial charge in [-0.15, -0.1) is 10.2 Å². The van der Waals surface area contributed by atoms with E-state index >= 15 is 0 Å². The van der Waals surface area contributed by atoms with Gasteiger partial charge in [0.2, 0.25) is 11.0 Å². The van der Waals surface area contributed by atoms with Crippen LogP contribution in [0.15, 0.2) is 22.5 Å². The average molecular weight is 339 g/mol. The lowest BCUT2D eigenvalue weighted by atomic mass is 10.2. The molecule has 0 saturated heterocycles. The number of nitrogens with one attached hydrogen (secondary N) is 1. The number of anilines is 2. The number of thioether (sulfide) groups is 1. The SMILES string of the molecule is Cc1ccc([N+](=O)[O-])cc1NC(=O)C(C)Sc1nnc(N)s1. The Hall–Kier alpha value is -2.20. The van der Waals surface area contributed by atoms with Gasteiger partial charge in [0.25, 0.3) is 5.69 Å². The topological polar surface area (TPSA) is 124 Å². The number of amides is 1. The minimum absolute atomic E-state index is 0.0712. The maximum absolute atomic E-state index is 12.2. The summed E-state index contributed by atoms with van der Waals surface area (Å²) in [5.41, 5.74) is 6.58. The van der Waals surface area contributed by atoms with E-state index in [4.69, 9.17) is 5.73 Å². The number of non-ortho nitro benzene ring substituents is 1. The quantitative estimate of drug-likeness (QED) is 0.487. The standard InChI is InChI=1S/C12H13N5O3S2/c1-6-3-4-8(17(19)20)5-9(6)14-10(18)7(2)21-12-16-15-11(13)22-12/h3-5,7H,1-2H3,(H2,13,15)(H,14,18). The van der Waals surface area contributed by atoms with Crippen molar-refractivity contribution in [3.8, 4) is 0 Å². The first-order valence-electron chi connectivity index (χ1n) is 6.18. The number of aryl methyl sites for hydroxylation is 1. The Morgan fingerprint density at radius 2 is 2.23 bits per heavy atom. The van der Waals surface area contributed by atoms with E-state index in [9.17, 15) is 14.9 Å². The fourth-order valence-corrected chi connectivity index (χ4v) is 3.35. The number of nitro benzene ring substituents is 1. The van der Waals surface area contributed by atoms with Crippen molar-refractivity contribution in [2.45, 2.75) is 23.4 Å². The number of hydrogen-bond donors (Lipinski definition) is 2. The van der Waals surface area contributed by atoms with Crippen molar-refractivity contribution in [1.29, 1.82) is 0 Å². The molecule has 2 aromatic rings. The van der Waals surface area contributed by atoms with Crippen LogP contribution in [0.25, 0.3) is 0 Å². The van der Waals surface area contributed by atoms with E-state index in [1.165, 1.54) is 35.2 Å². The molecule has 1 unspecified atom stereocenters. The van der Waals surface area contributed by atoms with Gasteiger partial charge in [-0.25, -0.2) is 0 Å². The van der Waals surface area contributed by atoms with Gasteiger partial charge in [-0.3, -0.25) is 14.9 Å². The molecule has 0 aliphatic carbocycles. The number of carbonyl (C=O) groups excluding carboxylic acids is 1. The fourth-order valence-electron chi connectivity index (χ4n) is 1.57. The zero-order valence-electron chi connectivity index (χ0n) is 11.8. The molecule has 0 bridgehead atoms. The van der Waals surface area contributed by atoms with Crippen LogP contribution >= 0.6 is 23.1 Å². The van der Waals surface area contributed by atoms with Gasteiger partial charge in [-0.1, -0.05) is 29.2 Å². The third-order valence-corrected chi connectivity index (χ3v) is 4.70. The molecule has 1 aromatic carbocycles. The lowest BCUT2D eigenvalue weighted by Gasteiger charge is -2.12. The van der Waals surface area contributed by atoms with Crippen molar-refractivity contribution < 1.29 is 9.72 Å². The molecule has 0 aliphatic heterocycles. The van der Waals surface area contributed by atoms with Crippen molar-refractivity contribution in [2.24, 2.45) is 0 Å². The maximum atomic E-state index is 12.2. The van der Waals surface area contributed by atoms with Crippen molar-refractivity contribution in [1.82, 2.24) is 10.2 Å². The first-order valence-corrected chi connectivity index (χ1v) is 7.88. The molecule has 1 atom stereocenters. The summed E-state index contributed by atoms with van der Waals surface area (Å²) in [7, 11) is 0. The van der Waals surface area contributed by atoms with Crippen LogP contribution in [-0.4, -0.2) is 26.3 Å².